The molecule has 8 rings (SSSR count). The van der Waals surface area contributed by atoms with E-state index in [1.54, 1.807) is 21.3 Å². The maximum atomic E-state index is 6.59. The summed E-state index contributed by atoms with van der Waals surface area (Å²) in [5.74, 6) is 4.50. The van der Waals surface area contributed by atoms with Crippen molar-refractivity contribution in [3.8, 4) is 23.0 Å². The third kappa shape index (κ3) is 4.56. The number of methoxy groups -OCH3 is 3. The predicted molar refractivity (Wildman–Crippen MR) is 161 cm³/mol. The Balaban J connectivity index is 1.29. The van der Waals surface area contributed by atoms with Gasteiger partial charge in [-0.25, -0.2) is 0 Å². The SMILES string of the molecule is COc1ccc(CN2CCOc3cccc(C4=NOC5(CN6CCC5CC6)N4Cc4ccc(OC)cc4OC)c32)cc1. The standard InChI is InChI=1S/C33H38N4O5/c1-38-26-10-7-23(8-11-26)20-36-17-18-41-29-6-4-5-28(31(29)36)32-34-42-33(22-35-15-13-25(33)14-16-35)37(32)21-24-9-12-27(39-2)19-30(24)40-3/h4-12,19,25H,13-18,20-22H2,1-3H3. The largest absolute Gasteiger partial charge is 0.497 e. The topological polar surface area (TPSA) is 68.2 Å². The van der Waals surface area contributed by atoms with Crippen molar-refractivity contribution in [3.63, 3.8) is 0 Å². The number of hydrogen-bond donors (Lipinski definition) is 0. The molecule has 1 unspecified atom stereocenters. The lowest BCUT2D eigenvalue weighted by atomic mass is 9.79. The molecular weight excluding hydrogens is 532 g/mol. The molecule has 5 heterocycles. The van der Waals surface area contributed by atoms with Gasteiger partial charge in [0.25, 0.3) is 0 Å². The van der Waals surface area contributed by atoms with Gasteiger partial charge in [0.05, 0.1) is 46.7 Å². The van der Waals surface area contributed by atoms with Crippen molar-refractivity contribution in [2.75, 3.05) is 59.0 Å². The van der Waals surface area contributed by atoms with Crippen LogP contribution in [-0.2, 0) is 17.9 Å². The van der Waals surface area contributed by atoms with Crippen LogP contribution in [0.25, 0.3) is 0 Å². The number of oxime groups is 1. The Bertz CT molecular complexity index is 1470. The van der Waals surface area contributed by atoms with Crippen molar-refractivity contribution in [1.29, 1.82) is 0 Å². The molecule has 3 saturated heterocycles. The number of ether oxygens (including phenoxy) is 4. The Morgan fingerprint density at radius 2 is 1.67 bits per heavy atom. The fourth-order valence-corrected chi connectivity index (χ4v) is 6.99. The number of hydrogen-bond acceptors (Lipinski definition) is 9. The minimum Gasteiger partial charge on any atom is -0.497 e. The highest BCUT2D eigenvalue weighted by atomic mass is 16.7. The Morgan fingerprint density at radius 1 is 0.881 bits per heavy atom. The third-order valence-corrected chi connectivity index (χ3v) is 9.21. The number of benzene rings is 3. The van der Waals surface area contributed by atoms with Gasteiger partial charge in [0.2, 0.25) is 5.72 Å². The lowest BCUT2D eigenvalue weighted by Gasteiger charge is -2.53. The predicted octanol–water partition coefficient (Wildman–Crippen LogP) is 4.73. The molecule has 0 aromatic heterocycles. The van der Waals surface area contributed by atoms with Crippen LogP contribution in [0, 0.1) is 5.92 Å². The van der Waals surface area contributed by atoms with Gasteiger partial charge in [0, 0.05) is 29.7 Å². The van der Waals surface area contributed by atoms with Crippen molar-refractivity contribution in [3.05, 3.63) is 77.4 Å². The van der Waals surface area contributed by atoms with Crippen LogP contribution in [0.5, 0.6) is 23.0 Å². The Morgan fingerprint density at radius 3 is 2.38 bits per heavy atom. The second kappa shape index (κ2) is 10.9. The van der Waals surface area contributed by atoms with Gasteiger partial charge in [-0.05, 0) is 67.9 Å². The van der Waals surface area contributed by atoms with E-state index in [2.05, 4.69) is 51.1 Å². The van der Waals surface area contributed by atoms with Crippen LogP contribution in [0.1, 0.15) is 29.5 Å². The van der Waals surface area contributed by atoms with Gasteiger partial charge < -0.3 is 33.6 Å². The van der Waals surface area contributed by atoms with E-state index in [1.165, 1.54) is 5.56 Å². The zero-order chi connectivity index (χ0) is 28.7. The highest BCUT2D eigenvalue weighted by Gasteiger charge is 2.57. The third-order valence-electron chi connectivity index (χ3n) is 9.21. The zero-order valence-electron chi connectivity index (χ0n) is 24.5. The van der Waals surface area contributed by atoms with Crippen molar-refractivity contribution < 1.29 is 23.8 Å². The lowest BCUT2D eigenvalue weighted by molar-refractivity contribution is -0.198. The summed E-state index contributed by atoms with van der Waals surface area (Å²) in [5, 5.41) is 4.89. The first-order chi connectivity index (χ1) is 20.6. The number of piperidine rings is 3. The number of anilines is 1. The van der Waals surface area contributed by atoms with Gasteiger partial charge in [0.1, 0.15) is 29.6 Å². The van der Waals surface area contributed by atoms with Crippen LogP contribution in [0.4, 0.5) is 5.69 Å². The van der Waals surface area contributed by atoms with Crippen LogP contribution in [0.15, 0.2) is 65.8 Å². The number of fused-ring (bicyclic) bond motifs is 3. The van der Waals surface area contributed by atoms with E-state index in [0.717, 1.165) is 91.2 Å². The Labute approximate surface area is 247 Å². The van der Waals surface area contributed by atoms with Crippen molar-refractivity contribution >= 4 is 11.5 Å². The summed E-state index contributed by atoms with van der Waals surface area (Å²) in [6.07, 6.45) is 2.19. The van der Waals surface area contributed by atoms with E-state index >= 15 is 0 Å². The highest BCUT2D eigenvalue weighted by Crippen LogP contribution is 2.47. The van der Waals surface area contributed by atoms with Crippen LogP contribution in [0.2, 0.25) is 0 Å². The minimum atomic E-state index is -0.532. The quantitative estimate of drug-likeness (QED) is 0.385. The summed E-state index contributed by atoms with van der Waals surface area (Å²) < 4.78 is 22.9. The number of para-hydroxylation sites is 1. The first kappa shape index (κ1) is 26.8. The molecule has 0 amide bonds. The molecule has 5 aliphatic heterocycles. The van der Waals surface area contributed by atoms with Gasteiger partial charge in [-0.2, -0.15) is 0 Å². The van der Waals surface area contributed by atoms with Crippen molar-refractivity contribution in [1.82, 2.24) is 9.80 Å². The fourth-order valence-electron chi connectivity index (χ4n) is 6.99. The summed E-state index contributed by atoms with van der Waals surface area (Å²) in [5.41, 5.74) is 3.80. The molecule has 9 nitrogen and oxygen atoms in total. The second-order valence-electron chi connectivity index (χ2n) is 11.4. The Kier molecular flexibility index (Phi) is 6.98. The average Bonchev–Trinajstić information content (AvgIpc) is 3.38. The van der Waals surface area contributed by atoms with E-state index in [0.29, 0.717) is 19.1 Å². The summed E-state index contributed by atoms with van der Waals surface area (Å²) in [4.78, 5) is 13.9. The normalized spacial score (nSPS) is 24.1. The van der Waals surface area contributed by atoms with Crippen LogP contribution in [0.3, 0.4) is 0 Å². The van der Waals surface area contributed by atoms with Crippen LogP contribution >= 0.6 is 0 Å². The van der Waals surface area contributed by atoms with Crippen LogP contribution in [-0.4, -0.2) is 75.5 Å². The van der Waals surface area contributed by atoms with Crippen LogP contribution < -0.4 is 23.8 Å². The number of amidine groups is 1. The highest BCUT2D eigenvalue weighted by molar-refractivity contribution is 6.05. The molecule has 2 bridgehead atoms. The molecule has 0 N–H and O–H groups in total. The molecule has 0 saturated carbocycles. The molecule has 1 spiro atoms. The van der Waals surface area contributed by atoms with Crippen molar-refractivity contribution in [2.24, 2.45) is 11.1 Å². The van der Waals surface area contributed by atoms with E-state index in [-0.39, 0.29) is 0 Å². The molecule has 3 fully saturated rings. The molecule has 42 heavy (non-hydrogen) atoms. The molecule has 5 aliphatic rings. The number of rotatable bonds is 8. The van der Waals surface area contributed by atoms with E-state index < -0.39 is 5.72 Å². The lowest BCUT2D eigenvalue weighted by Crippen LogP contribution is -2.66. The summed E-state index contributed by atoms with van der Waals surface area (Å²) in [6, 6.07) is 20.5. The van der Waals surface area contributed by atoms with Gasteiger partial charge in [-0.1, -0.05) is 23.4 Å². The second-order valence-corrected chi connectivity index (χ2v) is 11.4. The molecule has 220 valence electrons. The smallest absolute Gasteiger partial charge is 0.227 e. The van der Waals surface area contributed by atoms with E-state index in [4.69, 9.17) is 28.9 Å². The van der Waals surface area contributed by atoms with Crippen molar-refractivity contribution in [2.45, 2.75) is 31.7 Å². The summed E-state index contributed by atoms with van der Waals surface area (Å²) in [7, 11) is 5.08. The molecule has 3 aromatic carbocycles. The van der Waals surface area contributed by atoms with Gasteiger partial charge >= 0.3 is 0 Å². The first-order valence-corrected chi connectivity index (χ1v) is 14.7. The summed E-state index contributed by atoms with van der Waals surface area (Å²) in [6.45, 7) is 5.79. The monoisotopic (exact) mass is 570 g/mol. The van der Waals surface area contributed by atoms with Gasteiger partial charge in [0.15, 0.2) is 5.84 Å². The zero-order valence-corrected chi connectivity index (χ0v) is 24.5. The average molecular weight is 571 g/mol. The first-order valence-electron chi connectivity index (χ1n) is 14.7. The van der Waals surface area contributed by atoms with Gasteiger partial charge in [-0.3, -0.25) is 4.90 Å². The van der Waals surface area contributed by atoms with E-state index in [9.17, 15) is 0 Å². The fraction of sp³-hybridized carbons (Fsp3) is 0.424. The Hall–Kier alpha value is -4.11. The molecule has 3 aromatic rings. The minimum absolute atomic E-state index is 0.388. The maximum absolute atomic E-state index is 6.59. The maximum Gasteiger partial charge on any atom is 0.227 e. The molecule has 1 atom stereocenters. The van der Waals surface area contributed by atoms with E-state index in [1.807, 2.05) is 24.3 Å². The molecular formula is C33H38N4O5. The molecule has 0 radical (unpaired) electrons. The number of nitrogens with zero attached hydrogens (tertiary/aromatic N) is 4. The summed E-state index contributed by atoms with van der Waals surface area (Å²) >= 11 is 0. The van der Waals surface area contributed by atoms with Gasteiger partial charge in [-0.15, -0.1) is 0 Å². The molecule has 0 aliphatic carbocycles. The molecule has 9 heteroatoms.